The van der Waals surface area contributed by atoms with Crippen LogP contribution >= 0.6 is 0 Å². The molecule has 4 heteroatoms. The van der Waals surface area contributed by atoms with Crippen LogP contribution in [-0.4, -0.2) is 23.1 Å². The first-order valence-corrected chi connectivity index (χ1v) is 13.8. The van der Waals surface area contributed by atoms with Gasteiger partial charge < -0.3 is 9.84 Å². The molecule has 10 unspecified atom stereocenters. The quantitative estimate of drug-likeness (QED) is 0.467. The molecule has 0 aromatic rings. The molecule has 5 aliphatic carbocycles. The topological polar surface area (TPSA) is 63.6 Å². The van der Waals surface area contributed by atoms with Crippen molar-refractivity contribution in [2.45, 2.75) is 112 Å². The molecule has 0 aliphatic heterocycles. The van der Waals surface area contributed by atoms with Crippen LogP contribution in [0.25, 0.3) is 0 Å². The van der Waals surface area contributed by atoms with Crippen molar-refractivity contribution >= 4 is 11.9 Å². The Morgan fingerprint density at radius 1 is 0.818 bits per heavy atom. The van der Waals surface area contributed by atoms with Crippen molar-refractivity contribution in [1.82, 2.24) is 0 Å². The van der Waals surface area contributed by atoms with E-state index >= 15 is 0 Å². The summed E-state index contributed by atoms with van der Waals surface area (Å²) in [7, 11) is 0. The molecule has 0 bridgehead atoms. The number of aliphatic carboxylic acids is 1. The van der Waals surface area contributed by atoms with Crippen LogP contribution in [0.4, 0.5) is 0 Å². The van der Waals surface area contributed by atoms with E-state index in [-0.39, 0.29) is 22.9 Å². The van der Waals surface area contributed by atoms with E-state index < -0.39 is 11.4 Å². The lowest BCUT2D eigenvalue weighted by molar-refractivity contribution is -0.223. The number of carboxylic acid groups (broad SMARTS) is 1. The minimum absolute atomic E-state index is 0.00183. The van der Waals surface area contributed by atoms with Crippen molar-refractivity contribution in [3.8, 4) is 0 Å². The molecule has 0 aromatic heterocycles. The molecule has 0 amide bonds. The number of carbonyl (C=O) groups is 2. The number of esters is 1. The lowest BCUT2D eigenvalue weighted by atomic mass is 9.36. The predicted molar refractivity (Wildman–Crippen MR) is 128 cm³/mol. The summed E-state index contributed by atoms with van der Waals surface area (Å²) in [5.41, 5.74) is 0.142. The van der Waals surface area contributed by atoms with Gasteiger partial charge in [-0.05, 0) is 111 Å². The molecule has 0 radical (unpaired) electrons. The molecule has 5 saturated carbocycles. The summed E-state index contributed by atoms with van der Waals surface area (Å²) in [6.45, 7) is 13.7. The number of ether oxygens (including phenoxy) is 1. The third-order valence-electron chi connectivity index (χ3n) is 12.6. The van der Waals surface area contributed by atoms with Gasteiger partial charge in [0.15, 0.2) is 0 Å². The molecule has 1 N–H and O–H groups in total. The van der Waals surface area contributed by atoms with Crippen LogP contribution in [0.5, 0.6) is 0 Å². The Balaban J connectivity index is 1.46. The second kappa shape index (κ2) is 7.47. The number of fused-ring (bicyclic) bond motifs is 7. The summed E-state index contributed by atoms with van der Waals surface area (Å²) in [6, 6.07) is 0. The zero-order valence-electron chi connectivity index (χ0n) is 21.8. The molecule has 0 spiro atoms. The van der Waals surface area contributed by atoms with Gasteiger partial charge in [0.1, 0.15) is 6.10 Å². The molecule has 0 saturated heterocycles. The first-order valence-electron chi connectivity index (χ1n) is 13.8. The smallest absolute Gasteiger partial charge is 0.309 e. The Morgan fingerprint density at radius 3 is 2.15 bits per heavy atom. The molecule has 5 fully saturated rings. The second-order valence-corrected chi connectivity index (χ2v) is 14.0. The minimum Gasteiger partial charge on any atom is -0.481 e. The third kappa shape index (κ3) is 3.07. The van der Waals surface area contributed by atoms with E-state index in [1.165, 1.54) is 25.7 Å². The summed E-state index contributed by atoms with van der Waals surface area (Å²) in [5, 5.41) is 10.3. The average Bonchev–Trinajstić information content (AvgIpc) is 3.08. The zero-order chi connectivity index (χ0) is 24.0. The number of rotatable bonds is 2. The fraction of sp³-hybridized carbons (Fsp3) is 0.931. The highest BCUT2D eigenvalue weighted by atomic mass is 16.5. The van der Waals surface area contributed by atoms with E-state index in [1.807, 2.05) is 0 Å². The van der Waals surface area contributed by atoms with Crippen LogP contribution in [0.2, 0.25) is 0 Å². The lowest BCUT2D eigenvalue weighted by Gasteiger charge is -2.69. The van der Waals surface area contributed by atoms with Crippen molar-refractivity contribution < 1.29 is 19.4 Å². The molecule has 186 valence electrons. The first kappa shape index (κ1) is 23.7. The summed E-state index contributed by atoms with van der Waals surface area (Å²) >= 11 is 0. The highest BCUT2D eigenvalue weighted by molar-refractivity contribution is 5.76. The van der Waals surface area contributed by atoms with Crippen molar-refractivity contribution in [2.24, 2.45) is 57.2 Å². The van der Waals surface area contributed by atoms with Crippen molar-refractivity contribution in [1.29, 1.82) is 0 Å². The molecule has 10 atom stereocenters. The molecule has 5 rings (SSSR count). The van der Waals surface area contributed by atoms with Crippen LogP contribution in [0.15, 0.2) is 0 Å². The van der Waals surface area contributed by atoms with Gasteiger partial charge in [-0.25, -0.2) is 0 Å². The maximum atomic E-state index is 12.5. The Bertz CT molecular complexity index is 833. The lowest BCUT2D eigenvalue weighted by Crippen LogP contribution is -2.64. The van der Waals surface area contributed by atoms with E-state index in [9.17, 15) is 14.7 Å². The Morgan fingerprint density at radius 2 is 1.48 bits per heavy atom. The summed E-state index contributed by atoms with van der Waals surface area (Å²) in [4.78, 5) is 24.3. The molecular weight excluding hydrogens is 412 g/mol. The highest BCUT2D eigenvalue weighted by Crippen LogP contribution is 2.73. The van der Waals surface area contributed by atoms with E-state index in [2.05, 4.69) is 34.6 Å². The fourth-order valence-corrected chi connectivity index (χ4v) is 11.4. The van der Waals surface area contributed by atoms with Gasteiger partial charge in [-0.1, -0.05) is 34.6 Å². The molecule has 4 nitrogen and oxygen atoms in total. The molecule has 0 aromatic carbocycles. The highest BCUT2D eigenvalue weighted by Gasteiger charge is 2.68. The molecular formula is C29H46O4. The van der Waals surface area contributed by atoms with Crippen LogP contribution in [0.3, 0.4) is 0 Å². The molecule has 0 heterocycles. The second-order valence-electron chi connectivity index (χ2n) is 14.0. The van der Waals surface area contributed by atoms with Crippen LogP contribution in [0.1, 0.15) is 106 Å². The van der Waals surface area contributed by atoms with Gasteiger partial charge in [0, 0.05) is 12.3 Å². The van der Waals surface area contributed by atoms with E-state index in [4.69, 9.17) is 4.74 Å². The maximum absolute atomic E-state index is 12.5. The summed E-state index contributed by atoms with van der Waals surface area (Å²) < 4.78 is 5.85. The van der Waals surface area contributed by atoms with Gasteiger partial charge in [0.2, 0.25) is 0 Å². The van der Waals surface area contributed by atoms with Gasteiger partial charge in [-0.15, -0.1) is 0 Å². The van der Waals surface area contributed by atoms with Crippen LogP contribution in [-0.2, 0) is 14.3 Å². The fourth-order valence-electron chi connectivity index (χ4n) is 11.4. The average molecular weight is 459 g/mol. The van der Waals surface area contributed by atoms with Gasteiger partial charge in [-0.3, -0.25) is 9.59 Å². The van der Waals surface area contributed by atoms with Crippen molar-refractivity contribution in [3.63, 3.8) is 0 Å². The standard InChI is InChI=1S/C29H46O4/c1-17-9-15-29(25(31)32)16-10-20-19(24(17)29)7-8-22-27(20,5)13-11-21-26(3,4)23(33-18(2)30)12-14-28(21,22)6/h17,19-24H,7-16H2,1-6H3,(H,31,32). The predicted octanol–water partition coefficient (Wildman–Crippen LogP) is 6.71. The number of hydrogen-bond donors (Lipinski definition) is 1. The zero-order valence-corrected chi connectivity index (χ0v) is 21.8. The van der Waals surface area contributed by atoms with E-state index in [1.54, 1.807) is 6.92 Å². The number of carbonyl (C=O) groups excluding carboxylic acids is 1. The monoisotopic (exact) mass is 458 g/mol. The van der Waals surface area contributed by atoms with Crippen LogP contribution in [0, 0.1) is 57.2 Å². The number of hydrogen-bond acceptors (Lipinski definition) is 3. The molecule has 33 heavy (non-hydrogen) atoms. The number of carboxylic acids is 1. The minimum atomic E-state index is -0.510. The van der Waals surface area contributed by atoms with Crippen molar-refractivity contribution in [3.05, 3.63) is 0 Å². The maximum Gasteiger partial charge on any atom is 0.309 e. The summed E-state index contributed by atoms with van der Waals surface area (Å²) in [6.07, 6.45) is 11.0. The van der Waals surface area contributed by atoms with Crippen molar-refractivity contribution in [2.75, 3.05) is 0 Å². The van der Waals surface area contributed by atoms with Gasteiger partial charge >= 0.3 is 11.9 Å². The SMILES string of the molecule is CC(=O)OC1CCC2(C)C(CCC3(C)C4CCC5(C(=O)O)CCC(C)C5C4CCC32)C1(C)C. The largest absolute Gasteiger partial charge is 0.481 e. The van der Waals surface area contributed by atoms with E-state index in [0.29, 0.717) is 40.9 Å². The Labute approximate surface area is 200 Å². The summed E-state index contributed by atoms with van der Waals surface area (Å²) in [5.74, 6) is 2.77. The van der Waals surface area contributed by atoms with Gasteiger partial charge in [0.25, 0.3) is 0 Å². The normalized spacial score (nSPS) is 52.6. The molecule has 5 aliphatic rings. The van der Waals surface area contributed by atoms with Gasteiger partial charge in [0.05, 0.1) is 5.41 Å². The Hall–Kier alpha value is -1.06. The van der Waals surface area contributed by atoms with Gasteiger partial charge in [-0.2, -0.15) is 0 Å². The van der Waals surface area contributed by atoms with E-state index in [0.717, 1.165) is 38.5 Å². The third-order valence-corrected chi connectivity index (χ3v) is 12.6. The Kier molecular flexibility index (Phi) is 5.36. The first-order chi connectivity index (χ1) is 15.4. The van der Waals surface area contributed by atoms with Crippen LogP contribution < -0.4 is 0 Å².